The minimum atomic E-state index is -0.323. The van der Waals surface area contributed by atoms with E-state index in [4.69, 9.17) is 23.8 Å². The maximum atomic E-state index is 12.4. The summed E-state index contributed by atoms with van der Waals surface area (Å²) in [6, 6.07) is 13.7. The second-order valence-corrected chi connectivity index (χ2v) is 7.43. The third-order valence-corrected chi connectivity index (χ3v) is 5.55. The minimum Gasteiger partial charge on any atom is -0.331 e. The van der Waals surface area contributed by atoms with Crippen molar-refractivity contribution in [1.82, 2.24) is 10.9 Å². The first-order valence-corrected chi connectivity index (χ1v) is 9.17. The lowest BCUT2D eigenvalue weighted by molar-refractivity contribution is 0.0948. The molecular formula is C18H16ClN3OS2. The zero-order valence-corrected chi connectivity index (χ0v) is 16.0. The zero-order chi connectivity index (χ0) is 18.0. The monoisotopic (exact) mass is 389 g/mol. The molecule has 128 valence electrons. The van der Waals surface area contributed by atoms with Crippen LogP contribution in [0, 0.1) is 13.8 Å². The first kappa shape index (κ1) is 17.7. The van der Waals surface area contributed by atoms with Gasteiger partial charge in [-0.1, -0.05) is 41.9 Å². The van der Waals surface area contributed by atoms with E-state index in [2.05, 4.69) is 16.2 Å². The lowest BCUT2D eigenvalue weighted by atomic mass is 10.1. The molecule has 3 rings (SSSR count). The molecule has 0 saturated heterocycles. The van der Waals surface area contributed by atoms with Crippen molar-refractivity contribution in [2.45, 2.75) is 13.8 Å². The number of thiophene rings is 1. The summed E-state index contributed by atoms with van der Waals surface area (Å²) in [5.41, 5.74) is 8.39. The van der Waals surface area contributed by atoms with Crippen LogP contribution in [0.15, 0.2) is 42.5 Å². The normalized spacial score (nSPS) is 10.5. The van der Waals surface area contributed by atoms with Crippen LogP contribution < -0.4 is 16.2 Å². The number of fused-ring (bicyclic) bond motifs is 1. The van der Waals surface area contributed by atoms with Crippen LogP contribution in [-0.4, -0.2) is 11.0 Å². The van der Waals surface area contributed by atoms with E-state index in [1.54, 1.807) is 0 Å². The predicted octanol–water partition coefficient (Wildman–Crippen LogP) is 4.80. The molecule has 7 heteroatoms. The summed E-state index contributed by atoms with van der Waals surface area (Å²) >= 11 is 12.9. The maximum absolute atomic E-state index is 12.4. The number of benzene rings is 2. The van der Waals surface area contributed by atoms with Crippen molar-refractivity contribution < 1.29 is 4.79 Å². The molecule has 0 aliphatic carbocycles. The van der Waals surface area contributed by atoms with Crippen LogP contribution in [0.2, 0.25) is 5.02 Å². The molecule has 0 fully saturated rings. The molecule has 3 N–H and O–H groups in total. The van der Waals surface area contributed by atoms with Gasteiger partial charge >= 0.3 is 0 Å². The SMILES string of the molecule is Cc1ccc(C)c(NC(=S)NNC(=O)c2sc3ccccc3c2Cl)c1. The molecule has 2 aromatic carbocycles. The van der Waals surface area contributed by atoms with Gasteiger partial charge in [-0.2, -0.15) is 0 Å². The average Bonchev–Trinajstić information content (AvgIpc) is 2.93. The van der Waals surface area contributed by atoms with E-state index in [1.807, 2.05) is 56.3 Å². The first-order valence-electron chi connectivity index (χ1n) is 7.57. The maximum Gasteiger partial charge on any atom is 0.281 e. The van der Waals surface area contributed by atoms with Gasteiger partial charge in [-0.3, -0.25) is 15.6 Å². The Hall–Kier alpha value is -2.15. The van der Waals surface area contributed by atoms with Crippen LogP contribution in [0.25, 0.3) is 10.1 Å². The average molecular weight is 390 g/mol. The molecule has 0 aliphatic rings. The van der Waals surface area contributed by atoms with Crippen molar-refractivity contribution in [1.29, 1.82) is 0 Å². The highest BCUT2D eigenvalue weighted by Gasteiger charge is 2.16. The molecule has 3 aromatic rings. The van der Waals surface area contributed by atoms with Crippen LogP contribution in [0.1, 0.15) is 20.8 Å². The number of amides is 1. The van der Waals surface area contributed by atoms with Crippen molar-refractivity contribution in [3.8, 4) is 0 Å². The number of anilines is 1. The Kier molecular flexibility index (Phi) is 5.22. The summed E-state index contributed by atoms with van der Waals surface area (Å²) in [7, 11) is 0. The van der Waals surface area contributed by atoms with Crippen molar-refractivity contribution in [2.24, 2.45) is 0 Å². The Balaban J connectivity index is 1.66. The van der Waals surface area contributed by atoms with Crippen LogP contribution in [0.3, 0.4) is 0 Å². The Bertz CT molecular complexity index is 968. The van der Waals surface area contributed by atoms with E-state index in [9.17, 15) is 4.79 Å². The van der Waals surface area contributed by atoms with Gasteiger partial charge in [0, 0.05) is 15.8 Å². The third kappa shape index (κ3) is 3.92. The van der Waals surface area contributed by atoms with Crippen LogP contribution in [-0.2, 0) is 0 Å². The van der Waals surface area contributed by atoms with Crippen molar-refractivity contribution >= 4 is 61.9 Å². The first-order chi connectivity index (χ1) is 12.0. The number of hydrogen-bond acceptors (Lipinski definition) is 3. The highest BCUT2D eigenvalue weighted by molar-refractivity contribution is 7.80. The number of thiocarbonyl (C=S) groups is 1. The topological polar surface area (TPSA) is 53.2 Å². The summed E-state index contributed by atoms with van der Waals surface area (Å²) in [4.78, 5) is 12.8. The lowest BCUT2D eigenvalue weighted by Crippen LogP contribution is -2.43. The molecule has 0 saturated carbocycles. The summed E-state index contributed by atoms with van der Waals surface area (Å²) in [6.07, 6.45) is 0. The van der Waals surface area contributed by atoms with Crippen LogP contribution in [0.5, 0.6) is 0 Å². The lowest BCUT2D eigenvalue weighted by Gasteiger charge is -2.13. The van der Waals surface area contributed by atoms with E-state index in [-0.39, 0.29) is 5.91 Å². The van der Waals surface area contributed by atoms with Crippen molar-refractivity contribution in [2.75, 3.05) is 5.32 Å². The molecule has 1 heterocycles. The fourth-order valence-corrected chi connectivity index (χ4v) is 3.93. The molecule has 1 amide bonds. The summed E-state index contributed by atoms with van der Waals surface area (Å²) in [5.74, 6) is -0.323. The number of carbonyl (C=O) groups excluding carboxylic acids is 1. The number of nitrogens with one attached hydrogen (secondary N) is 3. The Morgan fingerprint density at radius 2 is 1.88 bits per heavy atom. The van der Waals surface area contributed by atoms with Crippen LogP contribution >= 0.6 is 35.2 Å². The van der Waals surface area contributed by atoms with E-state index < -0.39 is 0 Å². The zero-order valence-electron chi connectivity index (χ0n) is 13.6. The largest absolute Gasteiger partial charge is 0.331 e. The van der Waals surface area contributed by atoms with E-state index in [0.717, 1.165) is 26.9 Å². The van der Waals surface area contributed by atoms with E-state index in [0.29, 0.717) is 15.0 Å². The number of hydrazine groups is 1. The Labute approximate surface area is 160 Å². The highest BCUT2D eigenvalue weighted by atomic mass is 35.5. The molecule has 0 unspecified atom stereocenters. The van der Waals surface area contributed by atoms with E-state index in [1.165, 1.54) is 11.3 Å². The number of hydrogen-bond donors (Lipinski definition) is 3. The van der Waals surface area contributed by atoms with Gasteiger partial charge in [-0.25, -0.2) is 0 Å². The van der Waals surface area contributed by atoms with Gasteiger partial charge < -0.3 is 5.32 Å². The molecule has 0 atom stereocenters. The number of halogens is 1. The Morgan fingerprint density at radius 3 is 2.64 bits per heavy atom. The van der Waals surface area contributed by atoms with Gasteiger partial charge in [0.05, 0.1) is 5.02 Å². The molecule has 25 heavy (non-hydrogen) atoms. The van der Waals surface area contributed by atoms with Crippen molar-refractivity contribution in [3.05, 3.63) is 63.5 Å². The number of rotatable bonds is 2. The van der Waals surface area contributed by atoms with Gasteiger partial charge in [0.2, 0.25) is 0 Å². The molecular weight excluding hydrogens is 374 g/mol. The second kappa shape index (κ2) is 7.39. The second-order valence-electron chi connectivity index (χ2n) is 5.59. The third-order valence-electron chi connectivity index (χ3n) is 3.67. The molecule has 1 aromatic heterocycles. The predicted molar refractivity (Wildman–Crippen MR) is 110 cm³/mol. The number of carbonyl (C=O) groups is 1. The molecule has 0 bridgehead atoms. The standard InChI is InChI=1S/C18H16ClN3OS2/c1-10-7-8-11(2)13(9-10)20-18(24)22-21-17(23)16-15(19)12-5-3-4-6-14(12)25-16/h3-9H,1-2H3,(H,21,23)(H2,20,22,24). The van der Waals surface area contributed by atoms with Gasteiger partial charge in [-0.05, 0) is 49.3 Å². The van der Waals surface area contributed by atoms with Crippen molar-refractivity contribution in [3.63, 3.8) is 0 Å². The molecule has 4 nitrogen and oxygen atoms in total. The fraction of sp³-hybridized carbons (Fsp3) is 0.111. The van der Waals surface area contributed by atoms with Gasteiger partial charge in [0.1, 0.15) is 4.88 Å². The Morgan fingerprint density at radius 1 is 1.12 bits per heavy atom. The number of aryl methyl sites for hydroxylation is 2. The highest BCUT2D eigenvalue weighted by Crippen LogP contribution is 2.34. The molecule has 0 aliphatic heterocycles. The summed E-state index contributed by atoms with van der Waals surface area (Å²) < 4.78 is 0.966. The fourth-order valence-electron chi connectivity index (χ4n) is 2.35. The van der Waals surface area contributed by atoms with E-state index >= 15 is 0 Å². The smallest absolute Gasteiger partial charge is 0.281 e. The summed E-state index contributed by atoms with van der Waals surface area (Å²) in [6.45, 7) is 3.99. The quantitative estimate of drug-likeness (QED) is 0.435. The molecule has 0 radical (unpaired) electrons. The molecule has 0 spiro atoms. The van der Waals surface area contributed by atoms with Gasteiger partial charge in [0.15, 0.2) is 5.11 Å². The summed E-state index contributed by atoms with van der Waals surface area (Å²) in [5, 5.41) is 4.70. The minimum absolute atomic E-state index is 0.305. The van der Waals surface area contributed by atoms with Crippen LogP contribution in [0.4, 0.5) is 5.69 Å². The van der Waals surface area contributed by atoms with Gasteiger partial charge in [0.25, 0.3) is 5.91 Å². The van der Waals surface area contributed by atoms with Gasteiger partial charge in [-0.15, -0.1) is 11.3 Å².